The second-order valence-electron chi connectivity index (χ2n) is 4.38. The van der Waals surface area contributed by atoms with E-state index in [4.69, 9.17) is 0 Å². The molecule has 0 saturated heterocycles. The average Bonchev–Trinajstić information content (AvgIpc) is 2.39. The molecule has 0 bridgehead atoms. The minimum atomic E-state index is -0.567. The van der Waals surface area contributed by atoms with Crippen LogP contribution in [0, 0.1) is 11.6 Å². The van der Waals surface area contributed by atoms with Crippen molar-refractivity contribution in [2.24, 2.45) is 0 Å². The van der Waals surface area contributed by atoms with Gasteiger partial charge in [-0.3, -0.25) is 4.98 Å². The van der Waals surface area contributed by atoms with Crippen molar-refractivity contribution in [2.45, 2.75) is 19.4 Å². The third kappa shape index (κ3) is 3.58. The van der Waals surface area contributed by atoms with Gasteiger partial charge in [-0.15, -0.1) is 0 Å². The van der Waals surface area contributed by atoms with Crippen LogP contribution in [0.5, 0.6) is 0 Å². The van der Waals surface area contributed by atoms with E-state index in [1.807, 2.05) is 19.1 Å². The van der Waals surface area contributed by atoms with Gasteiger partial charge in [-0.2, -0.15) is 0 Å². The fraction of sp³-hybridized carbons (Fsp3) is 0.267. The summed E-state index contributed by atoms with van der Waals surface area (Å²) >= 11 is 0. The van der Waals surface area contributed by atoms with E-state index in [-0.39, 0.29) is 6.04 Å². The number of nitrogens with one attached hydrogen (secondary N) is 1. The molecule has 1 N–H and O–H groups in total. The van der Waals surface area contributed by atoms with E-state index in [1.165, 1.54) is 12.1 Å². The fourth-order valence-electron chi connectivity index (χ4n) is 2.01. The molecule has 0 amide bonds. The van der Waals surface area contributed by atoms with Crippen LogP contribution in [-0.2, 0) is 0 Å². The molecule has 1 heterocycles. The molecule has 1 aromatic heterocycles. The van der Waals surface area contributed by atoms with Gasteiger partial charge in [0.15, 0.2) is 0 Å². The molecule has 0 fully saturated rings. The van der Waals surface area contributed by atoms with Crippen LogP contribution in [0.15, 0.2) is 42.7 Å². The Morgan fingerprint density at radius 2 is 1.89 bits per heavy atom. The molecule has 0 saturated carbocycles. The normalized spacial score (nSPS) is 12.4. The molecule has 2 nitrogen and oxygen atoms in total. The zero-order chi connectivity index (χ0) is 13.7. The van der Waals surface area contributed by atoms with E-state index in [1.54, 1.807) is 12.4 Å². The summed E-state index contributed by atoms with van der Waals surface area (Å²) in [6.07, 6.45) is 4.32. The highest BCUT2D eigenvalue weighted by Gasteiger charge is 2.15. The van der Waals surface area contributed by atoms with E-state index in [0.717, 1.165) is 24.6 Å². The predicted octanol–water partition coefficient (Wildman–Crippen LogP) is 3.45. The number of hydrogen-bond donors (Lipinski definition) is 1. The maximum atomic E-state index is 13.3. The molecule has 100 valence electrons. The van der Waals surface area contributed by atoms with Crippen molar-refractivity contribution >= 4 is 0 Å². The van der Waals surface area contributed by atoms with Crippen molar-refractivity contribution in [3.63, 3.8) is 0 Å². The topological polar surface area (TPSA) is 24.9 Å². The summed E-state index contributed by atoms with van der Waals surface area (Å²) in [5, 5.41) is 3.28. The lowest BCUT2D eigenvalue weighted by molar-refractivity contribution is 0.558. The minimum absolute atomic E-state index is 0.251. The van der Waals surface area contributed by atoms with E-state index in [2.05, 4.69) is 10.3 Å². The van der Waals surface area contributed by atoms with E-state index in [9.17, 15) is 8.78 Å². The summed E-state index contributed by atoms with van der Waals surface area (Å²) < 4.78 is 26.7. The number of aromatic nitrogens is 1. The SMILES string of the molecule is CCCNC(c1cccnc1)c1cc(F)cc(F)c1. The van der Waals surface area contributed by atoms with Gasteiger partial charge in [0.05, 0.1) is 6.04 Å². The molecule has 1 atom stereocenters. The van der Waals surface area contributed by atoms with Gasteiger partial charge >= 0.3 is 0 Å². The summed E-state index contributed by atoms with van der Waals surface area (Å²) in [6, 6.07) is 7.03. The largest absolute Gasteiger partial charge is 0.306 e. The third-order valence-electron chi connectivity index (χ3n) is 2.83. The molecule has 1 aromatic carbocycles. The lowest BCUT2D eigenvalue weighted by atomic mass is 10.00. The first-order valence-corrected chi connectivity index (χ1v) is 6.30. The maximum Gasteiger partial charge on any atom is 0.126 e. The molecule has 2 aromatic rings. The smallest absolute Gasteiger partial charge is 0.126 e. The second kappa shape index (κ2) is 6.38. The third-order valence-corrected chi connectivity index (χ3v) is 2.83. The van der Waals surface area contributed by atoms with Crippen LogP contribution < -0.4 is 5.32 Å². The predicted molar refractivity (Wildman–Crippen MR) is 70.7 cm³/mol. The molecular weight excluding hydrogens is 246 g/mol. The van der Waals surface area contributed by atoms with Crippen LogP contribution in [0.4, 0.5) is 8.78 Å². The Labute approximate surface area is 111 Å². The van der Waals surface area contributed by atoms with Crippen LogP contribution in [0.3, 0.4) is 0 Å². The van der Waals surface area contributed by atoms with Crippen molar-refractivity contribution in [3.05, 3.63) is 65.5 Å². The van der Waals surface area contributed by atoms with Crippen LogP contribution in [0.25, 0.3) is 0 Å². The van der Waals surface area contributed by atoms with Gasteiger partial charge < -0.3 is 5.32 Å². The number of nitrogens with zero attached hydrogens (tertiary/aromatic N) is 1. The first-order valence-electron chi connectivity index (χ1n) is 6.30. The van der Waals surface area contributed by atoms with Gasteiger partial charge in [0.2, 0.25) is 0 Å². The lowest BCUT2D eigenvalue weighted by Gasteiger charge is -2.19. The van der Waals surface area contributed by atoms with Crippen molar-refractivity contribution < 1.29 is 8.78 Å². The Morgan fingerprint density at radius 1 is 1.16 bits per heavy atom. The highest BCUT2D eigenvalue weighted by Crippen LogP contribution is 2.23. The van der Waals surface area contributed by atoms with Gasteiger partial charge in [-0.25, -0.2) is 8.78 Å². The molecular formula is C15H16F2N2. The Kier molecular flexibility index (Phi) is 4.58. The van der Waals surface area contributed by atoms with E-state index >= 15 is 0 Å². The van der Waals surface area contributed by atoms with Gasteiger partial charge in [0.25, 0.3) is 0 Å². The average molecular weight is 262 g/mol. The summed E-state index contributed by atoms with van der Waals surface area (Å²) in [7, 11) is 0. The monoisotopic (exact) mass is 262 g/mol. The number of pyridine rings is 1. The van der Waals surface area contributed by atoms with E-state index in [0.29, 0.717) is 5.56 Å². The number of hydrogen-bond acceptors (Lipinski definition) is 2. The number of halogens is 2. The van der Waals surface area contributed by atoms with Gasteiger partial charge in [0.1, 0.15) is 11.6 Å². The zero-order valence-electron chi connectivity index (χ0n) is 10.7. The van der Waals surface area contributed by atoms with Crippen LogP contribution in [0.2, 0.25) is 0 Å². The highest BCUT2D eigenvalue weighted by atomic mass is 19.1. The molecule has 1 unspecified atom stereocenters. The lowest BCUT2D eigenvalue weighted by Crippen LogP contribution is -2.23. The standard InChI is InChI=1S/C15H16F2N2/c1-2-5-19-15(11-4-3-6-18-10-11)12-7-13(16)9-14(17)8-12/h3-4,6-10,15,19H,2,5H2,1H3. The highest BCUT2D eigenvalue weighted by molar-refractivity contribution is 5.30. The van der Waals surface area contributed by atoms with Crippen LogP contribution in [0.1, 0.15) is 30.5 Å². The molecule has 0 spiro atoms. The first-order chi connectivity index (χ1) is 9.20. The van der Waals surface area contributed by atoms with E-state index < -0.39 is 11.6 Å². The fourth-order valence-corrected chi connectivity index (χ4v) is 2.01. The van der Waals surface area contributed by atoms with Crippen molar-refractivity contribution in [1.29, 1.82) is 0 Å². The van der Waals surface area contributed by atoms with Gasteiger partial charge in [-0.1, -0.05) is 13.0 Å². The Balaban J connectivity index is 2.36. The van der Waals surface area contributed by atoms with Gasteiger partial charge in [-0.05, 0) is 42.3 Å². The van der Waals surface area contributed by atoms with Gasteiger partial charge in [0, 0.05) is 18.5 Å². The number of benzene rings is 1. The van der Waals surface area contributed by atoms with Crippen molar-refractivity contribution in [1.82, 2.24) is 10.3 Å². The maximum absolute atomic E-state index is 13.3. The van der Waals surface area contributed by atoms with Crippen LogP contribution >= 0.6 is 0 Å². The Morgan fingerprint density at radius 3 is 2.47 bits per heavy atom. The summed E-state index contributed by atoms with van der Waals surface area (Å²) in [5.74, 6) is -1.13. The summed E-state index contributed by atoms with van der Waals surface area (Å²) in [6.45, 7) is 2.80. The molecule has 0 aliphatic rings. The molecule has 2 rings (SSSR count). The Hall–Kier alpha value is -1.81. The van der Waals surface area contributed by atoms with Crippen molar-refractivity contribution in [2.75, 3.05) is 6.54 Å². The molecule has 19 heavy (non-hydrogen) atoms. The zero-order valence-corrected chi connectivity index (χ0v) is 10.7. The number of rotatable bonds is 5. The van der Waals surface area contributed by atoms with Crippen LogP contribution in [-0.4, -0.2) is 11.5 Å². The molecule has 0 aliphatic heterocycles. The quantitative estimate of drug-likeness (QED) is 0.892. The molecule has 4 heteroatoms. The second-order valence-corrected chi connectivity index (χ2v) is 4.38. The summed E-state index contributed by atoms with van der Waals surface area (Å²) in [5.41, 5.74) is 1.46. The Bertz CT molecular complexity index is 509. The molecule has 0 radical (unpaired) electrons. The minimum Gasteiger partial charge on any atom is -0.306 e. The molecule has 0 aliphatic carbocycles. The first kappa shape index (κ1) is 13.6. The summed E-state index contributed by atoms with van der Waals surface area (Å²) in [4.78, 5) is 4.06. The van der Waals surface area contributed by atoms with Crippen molar-refractivity contribution in [3.8, 4) is 0 Å².